The van der Waals surface area contributed by atoms with E-state index in [1.807, 2.05) is 0 Å². The molecule has 0 atom stereocenters. The number of halogens is 1. The van der Waals surface area contributed by atoms with Crippen LogP contribution >= 0.6 is 0 Å². The molecular formula is C21H21FN2O5. The lowest BCUT2D eigenvalue weighted by atomic mass is 10.0. The molecule has 8 heteroatoms. The third-order valence-electron chi connectivity index (χ3n) is 4.86. The number of ether oxygens (including phenoxy) is 4. The van der Waals surface area contributed by atoms with Gasteiger partial charge in [-0.3, -0.25) is 4.98 Å². The van der Waals surface area contributed by atoms with Gasteiger partial charge in [-0.05, 0) is 31.2 Å². The highest BCUT2D eigenvalue weighted by molar-refractivity contribution is 5.88. The third-order valence-corrected chi connectivity index (χ3v) is 4.86. The Morgan fingerprint density at radius 1 is 1.17 bits per heavy atom. The van der Waals surface area contributed by atoms with Crippen LogP contribution in [0.2, 0.25) is 0 Å². The zero-order chi connectivity index (χ0) is 20.6. The Kier molecular flexibility index (Phi) is 4.89. The predicted molar refractivity (Wildman–Crippen MR) is 105 cm³/mol. The van der Waals surface area contributed by atoms with Crippen molar-refractivity contribution >= 4 is 16.6 Å². The fourth-order valence-electron chi connectivity index (χ4n) is 3.36. The molecule has 1 aliphatic rings. The molecular weight excluding hydrogens is 379 g/mol. The summed E-state index contributed by atoms with van der Waals surface area (Å²) in [6.07, 6.45) is 1.67. The zero-order valence-electron chi connectivity index (χ0n) is 16.1. The van der Waals surface area contributed by atoms with Crippen molar-refractivity contribution in [1.29, 1.82) is 0 Å². The highest BCUT2D eigenvalue weighted by atomic mass is 19.1. The molecule has 1 aliphatic heterocycles. The number of phenolic OH excluding ortho intramolecular Hbond substituents is 1. The largest absolute Gasteiger partial charge is 0.504 e. The molecule has 0 spiro atoms. The summed E-state index contributed by atoms with van der Waals surface area (Å²) < 4.78 is 37.4. The maximum atomic E-state index is 15.3. The summed E-state index contributed by atoms with van der Waals surface area (Å²) in [5, 5.41) is 10.5. The minimum absolute atomic E-state index is 0.00957. The summed E-state index contributed by atoms with van der Waals surface area (Å²) in [6.45, 7) is 2.65. The third kappa shape index (κ3) is 3.64. The lowest BCUT2D eigenvalue weighted by Gasteiger charge is -2.24. The minimum Gasteiger partial charge on any atom is -0.504 e. The summed E-state index contributed by atoms with van der Waals surface area (Å²) >= 11 is 0. The fourth-order valence-corrected chi connectivity index (χ4v) is 3.36. The van der Waals surface area contributed by atoms with E-state index in [-0.39, 0.29) is 29.2 Å². The number of aromatic hydroxyl groups is 1. The molecule has 2 aromatic carbocycles. The van der Waals surface area contributed by atoms with E-state index in [1.165, 1.54) is 25.4 Å². The highest BCUT2D eigenvalue weighted by Crippen LogP contribution is 2.38. The smallest absolute Gasteiger partial charge is 0.171 e. The molecule has 7 nitrogen and oxygen atoms in total. The first-order valence-electron chi connectivity index (χ1n) is 9.08. The summed E-state index contributed by atoms with van der Waals surface area (Å²) in [4.78, 5) is 4.21. The molecule has 0 bridgehead atoms. The Hall–Kier alpha value is -3.10. The summed E-state index contributed by atoms with van der Waals surface area (Å²) in [7, 11) is 1.44. The Labute approximate surface area is 166 Å². The number of nitrogen functional groups attached to an aromatic ring is 1. The number of aromatic nitrogens is 1. The van der Waals surface area contributed by atoms with E-state index in [9.17, 15) is 5.11 Å². The molecule has 3 N–H and O–H groups in total. The van der Waals surface area contributed by atoms with Crippen LogP contribution in [0.1, 0.15) is 12.5 Å². The standard InChI is InChI=1S/C21H21FN2O5/c1-21(27-7-8-28-21)11-13-14(23)3-4-18(20(13)22)29-17-5-6-24-15-10-16(25)19(26-2)9-12(15)17/h3-6,9-10,25H,7-8,11,23H2,1-2H3. The Morgan fingerprint density at radius 3 is 2.66 bits per heavy atom. The number of fused-ring (bicyclic) bond motifs is 1. The monoisotopic (exact) mass is 400 g/mol. The maximum Gasteiger partial charge on any atom is 0.171 e. The summed E-state index contributed by atoms with van der Waals surface area (Å²) in [6, 6.07) is 7.71. The molecule has 0 unspecified atom stereocenters. The van der Waals surface area contributed by atoms with Crippen molar-refractivity contribution in [2.24, 2.45) is 0 Å². The number of hydrogen-bond acceptors (Lipinski definition) is 7. The van der Waals surface area contributed by atoms with Crippen molar-refractivity contribution in [1.82, 2.24) is 4.98 Å². The van der Waals surface area contributed by atoms with Gasteiger partial charge in [-0.1, -0.05) is 0 Å². The van der Waals surface area contributed by atoms with E-state index in [0.717, 1.165) is 0 Å². The molecule has 4 rings (SSSR count). The number of anilines is 1. The normalized spacial score (nSPS) is 15.6. The Bertz CT molecular complexity index is 1070. The highest BCUT2D eigenvalue weighted by Gasteiger charge is 2.33. The van der Waals surface area contributed by atoms with Gasteiger partial charge in [0.05, 0.1) is 25.8 Å². The Morgan fingerprint density at radius 2 is 1.93 bits per heavy atom. The van der Waals surface area contributed by atoms with E-state index in [2.05, 4.69) is 4.98 Å². The van der Waals surface area contributed by atoms with Gasteiger partial charge in [-0.15, -0.1) is 0 Å². The molecule has 29 heavy (non-hydrogen) atoms. The first-order chi connectivity index (χ1) is 13.9. The number of methoxy groups -OCH3 is 1. The van der Waals surface area contributed by atoms with Crippen LogP contribution in [0, 0.1) is 5.82 Å². The van der Waals surface area contributed by atoms with Crippen LogP contribution in [0.4, 0.5) is 10.1 Å². The van der Waals surface area contributed by atoms with E-state index < -0.39 is 11.6 Å². The quantitative estimate of drug-likeness (QED) is 0.630. The molecule has 0 aliphatic carbocycles. The van der Waals surface area contributed by atoms with Gasteiger partial charge in [0.1, 0.15) is 5.75 Å². The van der Waals surface area contributed by atoms with Crippen molar-refractivity contribution in [3.8, 4) is 23.0 Å². The SMILES string of the molecule is COc1cc2c(Oc3ccc(N)c(CC4(C)OCCO4)c3F)ccnc2cc1O. The van der Waals surface area contributed by atoms with E-state index in [1.54, 1.807) is 25.1 Å². The average Bonchev–Trinajstić information content (AvgIpc) is 3.13. The maximum absolute atomic E-state index is 15.3. The van der Waals surface area contributed by atoms with Gasteiger partial charge in [-0.25, -0.2) is 4.39 Å². The minimum atomic E-state index is -0.929. The topological polar surface area (TPSA) is 96.1 Å². The van der Waals surface area contributed by atoms with Gasteiger partial charge >= 0.3 is 0 Å². The van der Waals surface area contributed by atoms with Gasteiger partial charge in [-0.2, -0.15) is 0 Å². The van der Waals surface area contributed by atoms with Crippen LogP contribution in [0.15, 0.2) is 36.5 Å². The molecule has 0 radical (unpaired) electrons. The van der Waals surface area contributed by atoms with Crippen LogP contribution in [0.5, 0.6) is 23.0 Å². The Balaban J connectivity index is 1.72. The predicted octanol–water partition coefficient (Wildman–Crippen LogP) is 3.77. The zero-order valence-corrected chi connectivity index (χ0v) is 16.1. The summed E-state index contributed by atoms with van der Waals surface area (Å²) in [5.74, 6) is -0.923. The second-order valence-electron chi connectivity index (χ2n) is 6.91. The molecule has 0 saturated carbocycles. The van der Waals surface area contributed by atoms with Crippen molar-refractivity contribution in [3.63, 3.8) is 0 Å². The number of nitrogens with two attached hydrogens (primary N) is 1. The number of phenols is 1. The van der Waals surface area contributed by atoms with Gasteiger partial charge in [0, 0.05) is 35.3 Å². The fraction of sp³-hybridized carbons (Fsp3) is 0.286. The van der Waals surface area contributed by atoms with Crippen molar-refractivity contribution < 1.29 is 28.4 Å². The first kappa shape index (κ1) is 19.2. The number of nitrogens with zero attached hydrogens (tertiary/aromatic N) is 1. The molecule has 0 amide bonds. The van der Waals surface area contributed by atoms with Gasteiger partial charge in [0.25, 0.3) is 0 Å². The van der Waals surface area contributed by atoms with E-state index in [4.69, 9.17) is 24.7 Å². The van der Waals surface area contributed by atoms with Crippen molar-refractivity contribution in [2.45, 2.75) is 19.1 Å². The molecule has 1 saturated heterocycles. The van der Waals surface area contributed by atoms with Crippen molar-refractivity contribution in [2.75, 3.05) is 26.1 Å². The van der Waals surface area contributed by atoms with Gasteiger partial charge in [0.2, 0.25) is 0 Å². The van der Waals surface area contributed by atoms with Crippen LogP contribution < -0.4 is 15.2 Å². The number of hydrogen-bond donors (Lipinski definition) is 2. The van der Waals surface area contributed by atoms with Gasteiger partial charge in [0.15, 0.2) is 28.9 Å². The van der Waals surface area contributed by atoms with Gasteiger partial charge < -0.3 is 29.8 Å². The van der Waals surface area contributed by atoms with Crippen LogP contribution in [-0.2, 0) is 15.9 Å². The van der Waals surface area contributed by atoms with Crippen LogP contribution in [0.3, 0.4) is 0 Å². The molecule has 3 aromatic rings. The molecule has 2 heterocycles. The molecule has 152 valence electrons. The lowest BCUT2D eigenvalue weighted by Crippen LogP contribution is -2.29. The lowest BCUT2D eigenvalue weighted by molar-refractivity contribution is -0.140. The second kappa shape index (κ2) is 7.38. The van der Waals surface area contributed by atoms with E-state index in [0.29, 0.717) is 35.6 Å². The second-order valence-corrected chi connectivity index (χ2v) is 6.91. The van der Waals surface area contributed by atoms with Crippen molar-refractivity contribution in [3.05, 3.63) is 47.9 Å². The molecule has 1 aromatic heterocycles. The first-order valence-corrected chi connectivity index (χ1v) is 9.08. The number of rotatable bonds is 5. The molecule has 1 fully saturated rings. The van der Waals surface area contributed by atoms with E-state index >= 15 is 4.39 Å². The average molecular weight is 400 g/mol. The van der Waals surface area contributed by atoms with Crippen LogP contribution in [0.25, 0.3) is 10.9 Å². The number of benzene rings is 2. The number of pyridine rings is 1. The van der Waals surface area contributed by atoms with Crippen LogP contribution in [-0.4, -0.2) is 36.2 Å². The summed E-state index contributed by atoms with van der Waals surface area (Å²) in [5.41, 5.74) is 7.05.